The first-order valence-corrected chi connectivity index (χ1v) is 7.31. The van der Waals surface area contributed by atoms with E-state index in [1.165, 1.54) is 0 Å². The number of amides is 1. The molecule has 2 rings (SSSR count). The molecule has 1 aromatic carbocycles. The van der Waals surface area contributed by atoms with Gasteiger partial charge in [0.05, 0.1) is 5.69 Å². The Bertz CT molecular complexity index is 579. The molecule has 6 heteroatoms. The lowest BCUT2D eigenvalue weighted by atomic mass is 10.2. The predicted octanol–water partition coefficient (Wildman–Crippen LogP) is 2.48. The SMILES string of the molecule is CCCN(Cc1ccc(N)cc1)C(=O)c1snnc1C. The Balaban J connectivity index is 2.16. The molecule has 1 heterocycles. The molecule has 2 aromatic rings. The van der Waals surface area contributed by atoms with Crippen LogP contribution >= 0.6 is 11.5 Å². The van der Waals surface area contributed by atoms with E-state index in [1.54, 1.807) is 0 Å². The van der Waals surface area contributed by atoms with E-state index in [1.807, 2.05) is 36.1 Å². The van der Waals surface area contributed by atoms with Crippen LogP contribution in [0.25, 0.3) is 0 Å². The smallest absolute Gasteiger partial charge is 0.267 e. The number of hydrogen-bond acceptors (Lipinski definition) is 5. The monoisotopic (exact) mass is 290 g/mol. The molecule has 5 nitrogen and oxygen atoms in total. The number of anilines is 1. The van der Waals surface area contributed by atoms with Gasteiger partial charge >= 0.3 is 0 Å². The highest BCUT2D eigenvalue weighted by Gasteiger charge is 2.20. The first-order chi connectivity index (χ1) is 9.61. The van der Waals surface area contributed by atoms with Crippen molar-refractivity contribution in [1.82, 2.24) is 14.5 Å². The molecule has 0 atom stereocenters. The molecule has 0 bridgehead atoms. The number of carbonyl (C=O) groups excluding carboxylic acids is 1. The molecular weight excluding hydrogens is 272 g/mol. The van der Waals surface area contributed by atoms with Gasteiger partial charge in [-0.25, -0.2) is 0 Å². The third-order valence-corrected chi connectivity index (χ3v) is 3.80. The van der Waals surface area contributed by atoms with Gasteiger partial charge in [0.2, 0.25) is 0 Å². The van der Waals surface area contributed by atoms with E-state index in [0.717, 1.165) is 29.2 Å². The number of aromatic nitrogens is 2. The summed E-state index contributed by atoms with van der Waals surface area (Å²) < 4.78 is 3.83. The molecule has 106 valence electrons. The van der Waals surface area contributed by atoms with Crippen LogP contribution < -0.4 is 5.73 Å². The first-order valence-electron chi connectivity index (χ1n) is 6.54. The Morgan fingerprint density at radius 1 is 1.35 bits per heavy atom. The number of hydrogen-bond donors (Lipinski definition) is 1. The maximum absolute atomic E-state index is 12.5. The van der Waals surface area contributed by atoms with E-state index in [-0.39, 0.29) is 5.91 Å². The fourth-order valence-corrected chi connectivity index (χ4v) is 2.56. The Morgan fingerprint density at radius 3 is 2.60 bits per heavy atom. The molecule has 0 saturated carbocycles. The van der Waals surface area contributed by atoms with Crippen LogP contribution in [0, 0.1) is 6.92 Å². The van der Waals surface area contributed by atoms with Gasteiger partial charge < -0.3 is 10.6 Å². The Morgan fingerprint density at radius 2 is 2.05 bits per heavy atom. The maximum atomic E-state index is 12.5. The predicted molar refractivity (Wildman–Crippen MR) is 80.5 cm³/mol. The molecule has 0 aliphatic rings. The summed E-state index contributed by atoms with van der Waals surface area (Å²) in [5, 5.41) is 3.90. The van der Waals surface area contributed by atoms with Gasteiger partial charge in [-0.3, -0.25) is 4.79 Å². The van der Waals surface area contributed by atoms with Crippen molar-refractivity contribution in [3.63, 3.8) is 0 Å². The number of nitrogen functional groups attached to an aromatic ring is 1. The number of aryl methyl sites for hydroxylation is 1. The Kier molecular flexibility index (Phi) is 4.68. The topological polar surface area (TPSA) is 72.1 Å². The van der Waals surface area contributed by atoms with E-state index in [9.17, 15) is 4.79 Å². The fraction of sp³-hybridized carbons (Fsp3) is 0.357. The molecule has 0 aliphatic carbocycles. The van der Waals surface area contributed by atoms with Gasteiger partial charge in [-0.05, 0) is 42.6 Å². The zero-order valence-corrected chi connectivity index (χ0v) is 12.5. The molecule has 0 spiro atoms. The highest BCUT2D eigenvalue weighted by Crippen LogP contribution is 2.16. The average molecular weight is 290 g/mol. The number of nitrogens with two attached hydrogens (primary N) is 1. The van der Waals surface area contributed by atoms with E-state index in [0.29, 0.717) is 23.7 Å². The van der Waals surface area contributed by atoms with Gasteiger partial charge in [0.1, 0.15) is 4.88 Å². The minimum absolute atomic E-state index is 0.00354. The van der Waals surface area contributed by atoms with Gasteiger partial charge in [-0.2, -0.15) is 0 Å². The van der Waals surface area contributed by atoms with Crippen molar-refractivity contribution < 1.29 is 4.79 Å². The van der Waals surface area contributed by atoms with Crippen molar-refractivity contribution >= 4 is 23.1 Å². The van der Waals surface area contributed by atoms with Crippen LogP contribution in [-0.4, -0.2) is 26.9 Å². The van der Waals surface area contributed by atoms with Gasteiger partial charge in [0.25, 0.3) is 5.91 Å². The normalized spacial score (nSPS) is 10.5. The molecule has 1 aromatic heterocycles. The number of nitrogens with zero attached hydrogens (tertiary/aromatic N) is 3. The zero-order valence-electron chi connectivity index (χ0n) is 11.7. The summed E-state index contributed by atoms with van der Waals surface area (Å²) in [7, 11) is 0. The standard InChI is InChI=1S/C14H18N4OS/c1-3-8-18(9-11-4-6-12(15)7-5-11)14(19)13-10(2)16-17-20-13/h4-7H,3,8-9,15H2,1-2H3. The number of carbonyl (C=O) groups is 1. The zero-order chi connectivity index (χ0) is 14.5. The molecule has 0 unspecified atom stereocenters. The van der Waals surface area contributed by atoms with Crippen LogP contribution in [0.15, 0.2) is 24.3 Å². The van der Waals surface area contributed by atoms with Gasteiger partial charge in [0.15, 0.2) is 0 Å². The van der Waals surface area contributed by atoms with Crippen molar-refractivity contribution in [2.75, 3.05) is 12.3 Å². The average Bonchev–Trinajstić information content (AvgIpc) is 2.86. The van der Waals surface area contributed by atoms with Crippen LogP contribution in [-0.2, 0) is 6.54 Å². The second-order valence-electron chi connectivity index (χ2n) is 4.66. The van der Waals surface area contributed by atoms with Crippen molar-refractivity contribution in [3.8, 4) is 0 Å². The van der Waals surface area contributed by atoms with Crippen LogP contribution in [0.2, 0.25) is 0 Å². The second-order valence-corrected chi connectivity index (χ2v) is 5.41. The molecule has 0 aliphatic heterocycles. The summed E-state index contributed by atoms with van der Waals surface area (Å²) >= 11 is 1.15. The first kappa shape index (κ1) is 14.5. The van der Waals surface area contributed by atoms with E-state index in [4.69, 9.17) is 5.73 Å². The molecule has 2 N–H and O–H groups in total. The van der Waals surface area contributed by atoms with Crippen LogP contribution in [0.1, 0.15) is 34.3 Å². The Labute approximate surface area is 122 Å². The summed E-state index contributed by atoms with van der Waals surface area (Å²) in [6.45, 7) is 5.15. The highest BCUT2D eigenvalue weighted by atomic mass is 32.1. The number of benzene rings is 1. The summed E-state index contributed by atoms with van der Waals surface area (Å²) in [6, 6.07) is 7.60. The lowest BCUT2D eigenvalue weighted by Crippen LogP contribution is -2.31. The minimum Gasteiger partial charge on any atom is -0.399 e. The van der Waals surface area contributed by atoms with E-state index < -0.39 is 0 Å². The minimum atomic E-state index is -0.00354. The number of rotatable bonds is 5. The van der Waals surface area contributed by atoms with Crippen LogP contribution in [0.3, 0.4) is 0 Å². The van der Waals surface area contributed by atoms with Crippen molar-refractivity contribution in [3.05, 3.63) is 40.4 Å². The van der Waals surface area contributed by atoms with Crippen molar-refractivity contribution in [2.45, 2.75) is 26.8 Å². The summed E-state index contributed by atoms with van der Waals surface area (Å²) in [5.41, 5.74) is 8.16. The van der Waals surface area contributed by atoms with Crippen molar-refractivity contribution in [1.29, 1.82) is 0 Å². The van der Waals surface area contributed by atoms with Crippen LogP contribution in [0.5, 0.6) is 0 Å². The summed E-state index contributed by atoms with van der Waals surface area (Å²) in [4.78, 5) is 15.0. The maximum Gasteiger partial charge on any atom is 0.267 e. The van der Waals surface area contributed by atoms with Crippen LogP contribution in [0.4, 0.5) is 5.69 Å². The summed E-state index contributed by atoms with van der Waals surface area (Å²) in [6.07, 6.45) is 0.909. The largest absolute Gasteiger partial charge is 0.399 e. The van der Waals surface area contributed by atoms with Gasteiger partial charge in [0, 0.05) is 18.8 Å². The van der Waals surface area contributed by atoms with E-state index in [2.05, 4.69) is 16.5 Å². The molecule has 1 amide bonds. The highest BCUT2D eigenvalue weighted by molar-refractivity contribution is 7.07. The summed E-state index contributed by atoms with van der Waals surface area (Å²) in [5.74, 6) is -0.00354. The lowest BCUT2D eigenvalue weighted by molar-refractivity contribution is 0.0747. The Hall–Kier alpha value is -1.95. The van der Waals surface area contributed by atoms with Crippen molar-refractivity contribution in [2.24, 2.45) is 0 Å². The second kappa shape index (κ2) is 6.47. The molecule has 0 fully saturated rings. The fourth-order valence-electron chi connectivity index (χ4n) is 1.94. The lowest BCUT2D eigenvalue weighted by Gasteiger charge is -2.21. The quantitative estimate of drug-likeness (QED) is 0.859. The molecular formula is C14H18N4OS. The van der Waals surface area contributed by atoms with Gasteiger partial charge in [-0.15, -0.1) is 5.10 Å². The molecule has 0 radical (unpaired) electrons. The van der Waals surface area contributed by atoms with E-state index >= 15 is 0 Å². The van der Waals surface area contributed by atoms with Gasteiger partial charge in [-0.1, -0.05) is 23.5 Å². The molecule has 20 heavy (non-hydrogen) atoms. The third-order valence-electron chi connectivity index (χ3n) is 2.98. The molecule has 0 saturated heterocycles. The third kappa shape index (κ3) is 3.33.